The molecule has 0 spiro atoms. The van der Waals surface area contributed by atoms with Gasteiger partial charge in [-0.1, -0.05) is 65.9 Å². The van der Waals surface area contributed by atoms with Gasteiger partial charge in [-0.25, -0.2) is 13.8 Å². The van der Waals surface area contributed by atoms with Gasteiger partial charge in [0.05, 0.1) is 17.4 Å². The summed E-state index contributed by atoms with van der Waals surface area (Å²) in [6.07, 6.45) is 0.384. The molecule has 0 aliphatic carbocycles. The number of amides is 2. The first-order valence-electron chi connectivity index (χ1n) is 11.4. The lowest BCUT2D eigenvalue weighted by atomic mass is 9.98. The van der Waals surface area contributed by atoms with Gasteiger partial charge in [0.15, 0.2) is 5.17 Å². The number of aliphatic imine (C=N–C) groups is 1. The Hall–Kier alpha value is -3.85. The van der Waals surface area contributed by atoms with E-state index in [0.29, 0.717) is 11.6 Å². The Balaban J connectivity index is 1.36. The van der Waals surface area contributed by atoms with Crippen molar-refractivity contribution in [3.63, 3.8) is 0 Å². The second kappa shape index (κ2) is 10.0. The molecule has 6 nitrogen and oxygen atoms in total. The third-order valence-corrected chi connectivity index (χ3v) is 7.14. The average Bonchev–Trinajstić information content (AvgIpc) is 3.45. The smallest absolute Gasteiger partial charge is 0.262 e. The fourth-order valence-electron chi connectivity index (χ4n) is 4.09. The SMILES string of the molecule is Cc1ccc(C2=NN(C3=NC(=O)C(CC(=O)Nc4ccccc4F)S3)C(c3ccc(F)cc3)C2)cc1. The molecule has 0 radical (unpaired) electrons. The van der Waals surface area contributed by atoms with Crippen molar-refractivity contribution >= 4 is 40.1 Å². The van der Waals surface area contributed by atoms with E-state index in [1.54, 1.807) is 23.2 Å². The first-order chi connectivity index (χ1) is 17.4. The molecular formula is C27H22F2N4O2S. The Kier molecular flexibility index (Phi) is 6.65. The van der Waals surface area contributed by atoms with Crippen molar-refractivity contribution in [1.29, 1.82) is 0 Å². The summed E-state index contributed by atoms with van der Waals surface area (Å²) >= 11 is 1.15. The van der Waals surface area contributed by atoms with E-state index in [2.05, 4.69) is 10.3 Å². The molecule has 3 aromatic carbocycles. The van der Waals surface area contributed by atoms with Gasteiger partial charge in [0.2, 0.25) is 5.91 Å². The van der Waals surface area contributed by atoms with Crippen molar-refractivity contribution in [3.05, 3.63) is 101 Å². The lowest BCUT2D eigenvalue weighted by Gasteiger charge is -2.23. The topological polar surface area (TPSA) is 74.1 Å². The number of para-hydroxylation sites is 1. The van der Waals surface area contributed by atoms with Crippen molar-refractivity contribution < 1.29 is 18.4 Å². The van der Waals surface area contributed by atoms with E-state index in [-0.39, 0.29) is 24.0 Å². The number of hydrogen-bond acceptors (Lipinski definition) is 5. The van der Waals surface area contributed by atoms with Crippen molar-refractivity contribution in [2.75, 3.05) is 5.32 Å². The summed E-state index contributed by atoms with van der Waals surface area (Å²) in [5.74, 6) is -1.82. The largest absolute Gasteiger partial charge is 0.324 e. The molecule has 36 heavy (non-hydrogen) atoms. The minimum absolute atomic E-state index is 0.0577. The molecule has 5 rings (SSSR count). The minimum atomic E-state index is -0.751. The summed E-state index contributed by atoms with van der Waals surface area (Å²) < 4.78 is 27.5. The molecule has 0 bridgehead atoms. The van der Waals surface area contributed by atoms with Gasteiger partial charge in [-0.3, -0.25) is 9.59 Å². The zero-order valence-corrected chi connectivity index (χ0v) is 20.1. The van der Waals surface area contributed by atoms with E-state index in [1.807, 2.05) is 31.2 Å². The number of anilines is 1. The molecule has 182 valence electrons. The maximum atomic E-state index is 13.9. The van der Waals surface area contributed by atoms with Gasteiger partial charge in [-0.05, 0) is 42.3 Å². The van der Waals surface area contributed by atoms with Crippen LogP contribution in [0.2, 0.25) is 0 Å². The molecule has 9 heteroatoms. The highest BCUT2D eigenvalue weighted by Gasteiger charge is 2.39. The lowest BCUT2D eigenvalue weighted by molar-refractivity contribution is -0.121. The van der Waals surface area contributed by atoms with E-state index in [4.69, 9.17) is 5.10 Å². The van der Waals surface area contributed by atoms with Crippen molar-refractivity contribution in [2.24, 2.45) is 10.1 Å². The number of carbonyl (C=O) groups excluding carboxylic acids is 2. The number of rotatable bonds is 5. The molecule has 2 unspecified atom stereocenters. The molecule has 0 saturated heterocycles. The Morgan fingerprint density at radius 2 is 1.78 bits per heavy atom. The summed E-state index contributed by atoms with van der Waals surface area (Å²) in [5, 5.41) is 8.59. The van der Waals surface area contributed by atoms with Crippen LogP contribution in [0.3, 0.4) is 0 Å². The van der Waals surface area contributed by atoms with Crippen LogP contribution >= 0.6 is 11.8 Å². The van der Waals surface area contributed by atoms with Gasteiger partial charge >= 0.3 is 0 Å². The number of nitrogens with zero attached hydrogens (tertiary/aromatic N) is 3. The third kappa shape index (κ3) is 5.06. The van der Waals surface area contributed by atoms with Crippen LogP contribution in [0.5, 0.6) is 0 Å². The molecule has 3 aromatic rings. The minimum Gasteiger partial charge on any atom is -0.324 e. The van der Waals surface area contributed by atoms with Gasteiger partial charge in [0, 0.05) is 12.8 Å². The Bertz CT molecular complexity index is 1370. The molecule has 0 aromatic heterocycles. The second-order valence-corrected chi connectivity index (χ2v) is 9.77. The number of amidine groups is 1. The molecule has 2 heterocycles. The van der Waals surface area contributed by atoms with Crippen LogP contribution in [-0.2, 0) is 9.59 Å². The van der Waals surface area contributed by atoms with Crippen LogP contribution in [0.4, 0.5) is 14.5 Å². The van der Waals surface area contributed by atoms with Gasteiger partial charge < -0.3 is 5.32 Å². The molecular weight excluding hydrogens is 482 g/mol. The van der Waals surface area contributed by atoms with E-state index < -0.39 is 22.9 Å². The van der Waals surface area contributed by atoms with Gasteiger partial charge in [0.1, 0.15) is 16.9 Å². The van der Waals surface area contributed by atoms with Crippen molar-refractivity contribution in [3.8, 4) is 0 Å². The van der Waals surface area contributed by atoms with Crippen LogP contribution in [0, 0.1) is 18.6 Å². The standard InChI is InChI=1S/C27H22F2N4O2S/c1-16-6-8-17(9-7-16)22-14-23(18-10-12-19(28)13-11-18)33(32-22)27-31-26(35)24(36-27)15-25(34)30-21-5-3-2-4-20(21)29/h2-13,23-24H,14-15H2,1H3,(H,30,34). The predicted molar refractivity (Wildman–Crippen MR) is 137 cm³/mol. The molecule has 2 atom stereocenters. The summed E-state index contributed by atoms with van der Waals surface area (Å²) in [5.41, 5.74) is 3.79. The van der Waals surface area contributed by atoms with Crippen LogP contribution in [0.15, 0.2) is 82.9 Å². The highest BCUT2D eigenvalue weighted by molar-refractivity contribution is 8.15. The molecule has 0 fully saturated rings. The lowest BCUT2D eigenvalue weighted by Crippen LogP contribution is -2.25. The van der Waals surface area contributed by atoms with Crippen molar-refractivity contribution in [2.45, 2.75) is 31.1 Å². The maximum Gasteiger partial charge on any atom is 0.262 e. The number of thioether (sulfide) groups is 1. The van der Waals surface area contributed by atoms with Crippen LogP contribution in [0.1, 0.15) is 35.6 Å². The van der Waals surface area contributed by atoms with Crippen LogP contribution in [-0.4, -0.2) is 33.0 Å². The third-order valence-electron chi connectivity index (χ3n) is 5.99. The number of aryl methyl sites for hydroxylation is 1. The summed E-state index contributed by atoms with van der Waals surface area (Å²) in [4.78, 5) is 29.4. The van der Waals surface area contributed by atoms with Crippen LogP contribution in [0.25, 0.3) is 0 Å². The number of benzene rings is 3. The van der Waals surface area contributed by atoms with E-state index >= 15 is 0 Å². The molecule has 2 aliphatic heterocycles. The number of hydrogen-bond donors (Lipinski definition) is 1. The van der Waals surface area contributed by atoms with Gasteiger partial charge in [0.25, 0.3) is 5.91 Å². The highest BCUT2D eigenvalue weighted by Crippen LogP contribution is 2.38. The summed E-state index contributed by atoms with van der Waals surface area (Å²) in [6, 6.07) is 19.7. The van der Waals surface area contributed by atoms with Crippen LogP contribution < -0.4 is 5.32 Å². The Morgan fingerprint density at radius 1 is 1.06 bits per heavy atom. The maximum absolute atomic E-state index is 13.9. The normalized spacial score (nSPS) is 19.3. The number of hydrazone groups is 1. The predicted octanol–water partition coefficient (Wildman–Crippen LogP) is 5.45. The molecule has 0 saturated carbocycles. The highest BCUT2D eigenvalue weighted by atomic mass is 32.2. The van der Waals surface area contributed by atoms with Gasteiger partial charge in [-0.15, -0.1) is 0 Å². The van der Waals surface area contributed by atoms with E-state index in [9.17, 15) is 18.4 Å². The van der Waals surface area contributed by atoms with Crippen molar-refractivity contribution in [1.82, 2.24) is 5.01 Å². The summed E-state index contributed by atoms with van der Waals surface area (Å²) in [7, 11) is 0. The molecule has 1 N–H and O–H groups in total. The first-order valence-corrected chi connectivity index (χ1v) is 12.3. The van der Waals surface area contributed by atoms with E-state index in [0.717, 1.165) is 34.2 Å². The van der Waals surface area contributed by atoms with E-state index in [1.165, 1.54) is 30.3 Å². The molecule has 2 aliphatic rings. The number of halogens is 2. The fourth-order valence-corrected chi connectivity index (χ4v) is 5.15. The zero-order chi connectivity index (χ0) is 25.2. The monoisotopic (exact) mass is 504 g/mol. The fraction of sp³-hybridized carbons (Fsp3) is 0.185. The molecule has 2 amide bonds. The Morgan fingerprint density at radius 3 is 2.50 bits per heavy atom. The number of nitrogens with one attached hydrogen (secondary N) is 1. The first kappa shape index (κ1) is 23.9. The number of carbonyl (C=O) groups is 2. The average molecular weight is 505 g/mol. The second-order valence-electron chi connectivity index (χ2n) is 8.60. The van der Waals surface area contributed by atoms with Gasteiger partial charge in [-0.2, -0.15) is 10.1 Å². The quantitative estimate of drug-likeness (QED) is 0.501. The zero-order valence-electron chi connectivity index (χ0n) is 19.3. The summed E-state index contributed by atoms with van der Waals surface area (Å²) in [6.45, 7) is 2.01. The Labute approximate surface area is 211 Å².